The van der Waals surface area contributed by atoms with Crippen LogP contribution in [0.1, 0.15) is 24.5 Å². The smallest absolute Gasteiger partial charge is 0.137 e. The molecule has 2 N–H and O–H groups in total. The number of halogens is 1. The predicted molar refractivity (Wildman–Crippen MR) is 73.3 cm³/mol. The zero-order valence-electron chi connectivity index (χ0n) is 11.5. The number of aromatic nitrogens is 3. The largest absolute Gasteiger partial charge is 0.392 e. The van der Waals surface area contributed by atoms with E-state index in [9.17, 15) is 4.39 Å². The quantitative estimate of drug-likeness (QED) is 0.805. The number of aliphatic hydroxyl groups is 1. The Morgan fingerprint density at radius 3 is 3.00 bits per heavy atom. The fourth-order valence-corrected chi connectivity index (χ4v) is 1.93. The highest BCUT2D eigenvalue weighted by molar-refractivity contribution is 5.24. The molecular formula is C14H19FN4O. The van der Waals surface area contributed by atoms with Gasteiger partial charge in [-0.1, -0.05) is 6.07 Å². The molecule has 0 aliphatic rings. The molecule has 0 bridgehead atoms. The van der Waals surface area contributed by atoms with Crippen LogP contribution in [0, 0.1) is 5.82 Å². The van der Waals surface area contributed by atoms with E-state index in [1.807, 2.05) is 0 Å². The van der Waals surface area contributed by atoms with Crippen molar-refractivity contribution in [3.63, 3.8) is 0 Å². The van der Waals surface area contributed by atoms with Crippen LogP contribution in [0.4, 0.5) is 4.39 Å². The lowest BCUT2D eigenvalue weighted by Crippen LogP contribution is -2.27. The summed E-state index contributed by atoms with van der Waals surface area (Å²) >= 11 is 0. The summed E-state index contributed by atoms with van der Waals surface area (Å²) in [6.07, 6.45) is 4.14. The summed E-state index contributed by atoms with van der Waals surface area (Å²) in [5, 5.41) is 16.4. The number of aliphatic hydroxyl groups excluding tert-OH is 1. The van der Waals surface area contributed by atoms with E-state index in [-0.39, 0.29) is 12.4 Å². The molecule has 5 nitrogen and oxygen atoms in total. The van der Waals surface area contributed by atoms with E-state index >= 15 is 0 Å². The van der Waals surface area contributed by atoms with Gasteiger partial charge in [-0.05, 0) is 31.0 Å². The molecule has 20 heavy (non-hydrogen) atoms. The zero-order valence-corrected chi connectivity index (χ0v) is 11.5. The Balaban J connectivity index is 1.79. The van der Waals surface area contributed by atoms with Crippen LogP contribution in [0.25, 0.3) is 0 Å². The van der Waals surface area contributed by atoms with Gasteiger partial charge in [0.2, 0.25) is 0 Å². The van der Waals surface area contributed by atoms with Crippen LogP contribution in [-0.4, -0.2) is 25.9 Å². The summed E-state index contributed by atoms with van der Waals surface area (Å²) < 4.78 is 15.0. The van der Waals surface area contributed by atoms with Crippen molar-refractivity contribution in [2.75, 3.05) is 0 Å². The van der Waals surface area contributed by atoms with Crippen molar-refractivity contribution in [2.45, 2.75) is 39.1 Å². The highest BCUT2D eigenvalue weighted by Crippen LogP contribution is 2.11. The molecule has 0 saturated carbocycles. The van der Waals surface area contributed by atoms with Gasteiger partial charge in [0, 0.05) is 24.7 Å². The van der Waals surface area contributed by atoms with Gasteiger partial charge < -0.3 is 10.4 Å². The van der Waals surface area contributed by atoms with Gasteiger partial charge in [0.25, 0.3) is 0 Å². The van der Waals surface area contributed by atoms with Gasteiger partial charge in [0.1, 0.15) is 18.5 Å². The Hall–Kier alpha value is -1.79. The second kappa shape index (κ2) is 7.12. The molecule has 0 fully saturated rings. The highest BCUT2D eigenvalue weighted by Gasteiger charge is 2.05. The molecule has 108 valence electrons. The minimum atomic E-state index is -0.365. The second-order valence-electron chi connectivity index (χ2n) is 4.81. The predicted octanol–water partition coefficient (Wildman–Crippen LogP) is 1.48. The standard InChI is InChI=1S/C14H19FN4O/c1-11(4-5-19-10-16-9-18-19)17-7-12-2-3-14(15)13(6-12)8-20/h2-3,6,9-11,17,20H,4-5,7-8H2,1H3. The lowest BCUT2D eigenvalue weighted by atomic mass is 10.1. The maximum atomic E-state index is 13.3. The van der Waals surface area contributed by atoms with Crippen molar-refractivity contribution in [1.29, 1.82) is 0 Å². The van der Waals surface area contributed by atoms with E-state index in [4.69, 9.17) is 5.11 Å². The Kier molecular flexibility index (Phi) is 5.20. The number of aryl methyl sites for hydroxylation is 1. The molecule has 2 rings (SSSR count). The van der Waals surface area contributed by atoms with Gasteiger partial charge in [-0.25, -0.2) is 9.37 Å². The van der Waals surface area contributed by atoms with Crippen molar-refractivity contribution < 1.29 is 9.50 Å². The maximum Gasteiger partial charge on any atom is 0.137 e. The molecule has 0 radical (unpaired) electrons. The van der Waals surface area contributed by atoms with Crippen molar-refractivity contribution >= 4 is 0 Å². The summed E-state index contributed by atoms with van der Waals surface area (Å²) in [7, 11) is 0. The van der Waals surface area contributed by atoms with Crippen molar-refractivity contribution in [2.24, 2.45) is 0 Å². The van der Waals surface area contributed by atoms with Crippen molar-refractivity contribution in [3.05, 3.63) is 47.8 Å². The molecule has 1 aromatic carbocycles. The number of rotatable bonds is 7. The van der Waals surface area contributed by atoms with Crippen LogP contribution in [-0.2, 0) is 19.7 Å². The van der Waals surface area contributed by atoms with Crippen LogP contribution in [0.15, 0.2) is 30.9 Å². The Bertz CT molecular complexity index is 530. The van der Waals surface area contributed by atoms with E-state index < -0.39 is 0 Å². The van der Waals surface area contributed by atoms with Crippen LogP contribution in [0.2, 0.25) is 0 Å². The lowest BCUT2D eigenvalue weighted by Gasteiger charge is -2.14. The molecule has 2 aromatic rings. The molecular weight excluding hydrogens is 259 g/mol. The van der Waals surface area contributed by atoms with Crippen LogP contribution >= 0.6 is 0 Å². The van der Waals surface area contributed by atoms with Crippen LogP contribution < -0.4 is 5.32 Å². The molecule has 1 heterocycles. The van der Waals surface area contributed by atoms with Gasteiger partial charge in [0.15, 0.2) is 0 Å². The first-order valence-electron chi connectivity index (χ1n) is 6.63. The minimum absolute atomic E-state index is 0.276. The molecule has 1 unspecified atom stereocenters. The normalized spacial score (nSPS) is 12.6. The first-order valence-corrected chi connectivity index (χ1v) is 6.63. The second-order valence-corrected chi connectivity index (χ2v) is 4.81. The van der Waals surface area contributed by atoms with Crippen LogP contribution in [0.5, 0.6) is 0 Å². The number of nitrogens with zero attached hydrogens (tertiary/aromatic N) is 3. The highest BCUT2D eigenvalue weighted by atomic mass is 19.1. The number of hydrogen-bond donors (Lipinski definition) is 2. The third-order valence-electron chi connectivity index (χ3n) is 3.19. The molecule has 0 saturated heterocycles. The van der Waals surface area contributed by atoms with Gasteiger partial charge in [0.05, 0.1) is 6.61 Å². The van der Waals surface area contributed by atoms with E-state index in [1.165, 1.54) is 12.4 Å². The monoisotopic (exact) mass is 278 g/mol. The van der Waals surface area contributed by atoms with E-state index in [1.54, 1.807) is 23.1 Å². The third kappa shape index (κ3) is 4.11. The molecule has 0 spiro atoms. The molecule has 0 aliphatic carbocycles. The summed E-state index contributed by atoms with van der Waals surface area (Å²) in [5.41, 5.74) is 1.29. The molecule has 1 atom stereocenters. The van der Waals surface area contributed by atoms with Crippen LogP contribution in [0.3, 0.4) is 0 Å². The third-order valence-corrected chi connectivity index (χ3v) is 3.19. The van der Waals surface area contributed by atoms with Gasteiger partial charge >= 0.3 is 0 Å². The Morgan fingerprint density at radius 1 is 1.45 bits per heavy atom. The van der Waals surface area contributed by atoms with E-state index in [0.29, 0.717) is 18.2 Å². The fourth-order valence-electron chi connectivity index (χ4n) is 1.93. The molecule has 0 amide bonds. The van der Waals surface area contributed by atoms with Gasteiger partial charge in [-0.3, -0.25) is 4.68 Å². The molecule has 0 aliphatic heterocycles. The van der Waals surface area contributed by atoms with Crippen molar-refractivity contribution in [1.82, 2.24) is 20.1 Å². The first-order chi connectivity index (χ1) is 9.69. The van der Waals surface area contributed by atoms with Gasteiger partial charge in [-0.2, -0.15) is 5.10 Å². The summed E-state index contributed by atoms with van der Waals surface area (Å²) in [4.78, 5) is 3.89. The van der Waals surface area contributed by atoms with E-state index in [0.717, 1.165) is 18.5 Å². The topological polar surface area (TPSA) is 63.0 Å². The minimum Gasteiger partial charge on any atom is -0.392 e. The number of nitrogens with one attached hydrogen (secondary N) is 1. The molecule has 6 heteroatoms. The summed E-state index contributed by atoms with van der Waals surface area (Å²) in [6.45, 7) is 3.26. The maximum absolute atomic E-state index is 13.3. The lowest BCUT2D eigenvalue weighted by molar-refractivity contribution is 0.275. The van der Waals surface area contributed by atoms with Crippen molar-refractivity contribution in [3.8, 4) is 0 Å². The number of benzene rings is 1. The summed E-state index contributed by atoms with van der Waals surface area (Å²) in [6, 6.07) is 5.11. The Labute approximate surface area is 117 Å². The zero-order chi connectivity index (χ0) is 14.4. The van der Waals surface area contributed by atoms with Gasteiger partial charge in [-0.15, -0.1) is 0 Å². The number of hydrogen-bond acceptors (Lipinski definition) is 4. The SMILES string of the molecule is CC(CCn1cncn1)NCc1ccc(F)c(CO)c1. The van der Waals surface area contributed by atoms with E-state index in [2.05, 4.69) is 22.3 Å². The summed E-state index contributed by atoms with van der Waals surface area (Å²) in [5.74, 6) is -0.365. The first kappa shape index (κ1) is 14.6. The fraction of sp³-hybridized carbons (Fsp3) is 0.429. The Morgan fingerprint density at radius 2 is 2.30 bits per heavy atom. The average Bonchev–Trinajstić information content (AvgIpc) is 2.97. The average molecular weight is 278 g/mol. The molecule has 1 aromatic heterocycles.